The van der Waals surface area contributed by atoms with Crippen molar-refractivity contribution in [2.45, 2.75) is 51.0 Å². The molecule has 1 aliphatic heterocycles. The van der Waals surface area contributed by atoms with Gasteiger partial charge in [0.05, 0.1) is 0 Å². The van der Waals surface area contributed by atoms with E-state index in [0.717, 1.165) is 13.0 Å². The van der Waals surface area contributed by atoms with Gasteiger partial charge in [0.2, 0.25) is 0 Å². The maximum absolute atomic E-state index is 2.76. The minimum Gasteiger partial charge on any atom is -0.290 e. The van der Waals surface area contributed by atoms with Crippen LogP contribution in [0.5, 0.6) is 0 Å². The lowest BCUT2D eigenvalue weighted by atomic mass is 9.74. The van der Waals surface area contributed by atoms with E-state index in [-0.39, 0.29) is 5.54 Å². The van der Waals surface area contributed by atoms with Crippen molar-refractivity contribution in [3.05, 3.63) is 77.4 Å². The fraction of sp³-hybridized carbons (Fsp3) is 0.417. The first-order valence-electron chi connectivity index (χ1n) is 9.85. The van der Waals surface area contributed by atoms with E-state index in [1.165, 1.54) is 60.9 Å². The third-order valence-electron chi connectivity index (χ3n) is 6.23. The number of hydrogen-bond donors (Lipinski definition) is 0. The van der Waals surface area contributed by atoms with Gasteiger partial charge in [-0.2, -0.15) is 0 Å². The molecule has 2 aliphatic rings. The predicted molar refractivity (Wildman–Crippen MR) is 107 cm³/mol. The monoisotopic (exact) mass is 331 g/mol. The average molecular weight is 332 g/mol. The van der Waals surface area contributed by atoms with E-state index in [4.69, 9.17) is 0 Å². The standard InChI is InChI=1S/C24H29N/c1-20-10-12-21(13-11-20)22-14-18-25(19-15-22)24(16-6-3-7-17-24)23-8-4-2-5-9-23/h2,4-5,8-14H,3,6-7,15-19H2,1H3. The number of benzene rings is 2. The Morgan fingerprint density at radius 2 is 1.56 bits per heavy atom. The van der Waals surface area contributed by atoms with Gasteiger partial charge in [0.15, 0.2) is 0 Å². The van der Waals surface area contributed by atoms with E-state index in [1.54, 1.807) is 0 Å². The first-order valence-corrected chi connectivity index (χ1v) is 9.85. The lowest BCUT2D eigenvalue weighted by Crippen LogP contribution is -2.49. The molecule has 4 rings (SSSR count). The van der Waals surface area contributed by atoms with Crippen molar-refractivity contribution in [2.75, 3.05) is 13.1 Å². The Morgan fingerprint density at radius 1 is 0.840 bits per heavy atom. The fourth-order valence-electron chi connectivity index (χ4n) is 4.76. The molecule has 0 atom stereocenters. The maximum atomic E-state index is 2.76. The SMILES string of the molecule is Cc1ccc(C2=CCN(C3(c4ccccc4)CCCCC3)CC2)cc1. The smallest absolute Gasteiger partial charge is 0.0464 e. The number of hydrogen-bond acceptors (Lipinski definition) is 1. The van der Waals surface area contributed by atoms with Crippen LogP contribution in [0.2, 0.25) is 0 Å². The summed E-state index contributed by atoms with van der Waals surface area (Å²) in [6.07, 6.45) is 10.4. The quantitative estimate of drug-likeness (QED) is 0.672. The molecule has 1 heteroatoms. The average Bonchev–Trinajstić information content (AvgIpc) is 2.70. The summed E-state index contributed by atoms with van der Waals surface area (Å²) in [5.41, 5.74) is 6.06. The molecule has 25 heavy (non-hydrogen) atoms. The van der Waals surface area contributed by atoms with E-state index >= 15 is 0 Å². The van der Waals surface area contributed by atoms with Gasteiger partial charge in [-0.3, -0.25) is 4.90 Å². The van der Waals surface area contributed by atoms with Gasteiger partial charge in [0.25, 0.3) is 0 Å². The minimum absolute atomic E-state index is 0.259. The molecule has 1 saturated carbocycles. The largest absolute Gasteiger partial charge is 0.290 e. The molecule has 0 aromatic heterocycles. The Hall–Kier alpha value is -1.86. The maximum Gasteiger partial charge on any atom is 0.0464 e. The van der Waals surface area contributed by atoms with Gasteiger partial charge in [-0.05, 0) is 42.9 Å². The lowest BCUT2D eigenvalue weighted by molar-refractivity contribution is 0.0569. The van der Waals surface area contributed by atoms with Crippen LogP contribution in [-0.4, -0.2) is 18.0 Å². The van der Waals surface area contributed by atoms with Gasteiger partial charge in [0.1, 0.15) is 0 Å². The van der Waals surface area contributed by atoms with Crippen molar-refractivity contribution < 1.29 is 0 Å². The molecule has 0 bridgehead atoms. The molecule has 2 aromatic carbocycles. The molecular formula is C24H29N. The molecule has 1 nitrogen and oxygen atoms in total. The highest BCUT2D eigenvalue weighted by Crippen LogP contribution is 2.43. The van der Waals surface area contributed by atoms with Crippen molar-refractivity contribution in [1.29, 1.82) is 0 Å². The van der Waals surface area contributed by atoms with Crippen molar-refractivity contribution in [3.8, 4) is 0 Å². The Balaban J connectivity index is 1.59. The van der Waals surface area contributed by atoms with Gasteiger partial charge < -0.3 is 0 Å². The van der Waals surface area contributed by atoms with E-state index < -0.39 is 0 Å². The van der Waals surface area contributed by atoms with Crippen LogP contribution in [-0.2, 0) is 5.54 Å². The number of aryl methyl sites for hydroxylation is 1. The molecule has 0 unspecified atom stereocenters. The molecule has 1 fully saturated rings. The van der Waals surface area contributed by atoms with Crippen molar-refractivity contribution in [2.24, 2.45) is 0 Å². The van der Waals surface area contributed by atoms with Crippen LogP contribution in [0.4, 0.5) is 0 Å². The summed E-state index contributed by atoms with van der Waals surface area (Å²) in [6, 6.07) is 20.3. The summed E-state index contributed by atoms with van der Waals surface area (Å²) in [5, 5.41) is 0. The lowest BCUT2D eigenvalue weighted by Gasteiger charge is -2.48. The highest BCUT2D eigenvalue weighted by molar-refractivity contribution is 5.66. The molecular weight excluding hydrogens is 302 g/mol. The number of rotatable bonds is 3. The summed E-state index contributed by atoms with van der Waals surface area (Å²) in [5.74, 6) is 0. The minimum atomic E-state index is 0.259. The second-order valence-electron chi connectivity index (χ2n) is 7.75. The van der Waals surface area contributed by atoms with Crippen LogP contribution < -0.4 is 0 Å². The molecule has 2 aromatic rings. The Bertz CT molecular complexity index is 720. The van der Waals surface area contributed by atoms with Gasteiger partial charge in [-0.1, -0.05) is 85.5 Å². The molecule has 0 N–H and O–H groups in total. The molecule has 0 saturated heterocycles. The Kier molecular flexibility index (Phi) is 4.76. The Labute approximate surface area is 152 Å². The zero-order valence-corrected chi connectivity index (χ0v) is 15.4. The van der Waals surface area contributed by atoms with Crippen LogP contribution in [0.15, 0.2) is 60.7 Å². The summed E-state index contributed by atoms with van der Waals surface area (Å²) in [4.78, 5) is 2.76. The zero-order chi connectivity index (χ0) is 17.1. The molecule has 1 aliphatic carbocycles. The van der Waals surface area contributed by atoms with Crippen LogP contribution in [0.3, 0.4) is 0 Å². The Morgan fingerprint density at radius 3 is 2.20 bits per heavy atom. The topological polar surface area (TPSA) is 3.24 Å². The number of nitrogens with zero attached hydrogens (tertiary/aromatic N) is 1. The van der Waals surface area contributed by atoms with Gasteiger partial charge in [0, 0.05) is 18.6 Å². The second kappa shape index (κ2) is 7.17. The predicted octanol–water partition coefficient (Wildman–Crippen LogP) is 5.94. The van der Waals surface area contributed by atoms with E-state index in [2.05, 4.69) is 72.5 Å². The third-order valence-corrected chi connectivity index (χ3v) is 6.23. The van der Waals surface area contributed by atoms with Crippen LogP contribution in [0, 0.1) is 6.92 Å². The van der Waals surface area contributed by atoms with E-state index in [0.29, 0.717) is 0 Å². The first-order chi connectivity index (χ1) is 12.3. The molecule has 1 heterocycles. The second-order valence-corrected chi connectivity index (χ2v) is 7.75. The molecule has 130 valence electrons. The van der Waals surface area contributed by atoms with Crippen LogP contribution >= 0.6 is 0 Å². The summed E-state index contributed by atoms with van der Waals surface area (Å²) >= 11 is 0. The summed E-state index contributed by atoms with van der Waals surface area (Å²) in [6.45, 7) is 4.42. The van der Waals surface area contributed by atoms with Crippen molar-refractivity contribution in [3.63, 3.8) is 0 Å². The third kappa shape index (κ3) is 3.30. The van der Waals surface area contributed by atoms with E-state index in [1.807, 2.05) is 0 Å². The summed E-state index contributed by atoms with van der Waals surface area (Å²) in [7, 11) is 0. The first kappa shape index (κ1) is 16.6. The highest BCUT2D eigenvalue weighted by Gasteiger charge is 2.39. The van der Waals surface area contributed by atoms with Crippen LogP contribution in [0.25, 0.3) is 5.57 Å². The highest BCUT2D eigenvalue weighted by atomic mass is 15.2. The molecule has 0 spiro atoms. The molecule has 0 amide bonds. The fourth-order valence-corrected chi connectivity index (χ4v) is 4.76. The normalized spacial score (nSPS) is 20.9. The molecule has 0 radical (unpaired) electrons. The van der Waals surface area contributed by atoms with Gasteiger partial charge in [-0.15, -0.1) is 0 Å². The van der Waals surface area contributed by atoms with E-state index in [9.17, 15) is 0 Å². The van der Waals surface area contributed by atoms with Crippen LogP contribution in [0.1, 0.15) is 55.2 Å². The zero-order valence-electron chi connectivity index (χ0n) is 15.4. The van der Waals surface area contributed by atoms with Gasteiger partial charge in [-0.25, -0.2) is 0 Å². The van der Waals surface area contributed by atoms with Crippen molar-refractivity contribution in [1.82, 2.24) is 4.90 Å². The van der Waals surface area contributed by atoms with Gasteiger partial charge >= 0.3 is 0 Å². The summed E-state index contributed by atoms with van der Waals surface area (Å²) < 4.78 is 0. The van der Waals surface area contributed by atoms with Crippen molar-refractivity contribution >= 4 is 5.57 Å².